The van der Waals surface area contributed by atoms with Crippen LogP contribution in [0.15, 0.2) is 69.6 Å². The summed E-state index contributed by atoms with van der Waals surface area (Å²) in [5, 5.41) is 11.9. The first kappa shape index (κ1) is 29.4. The van der Waals surface area contributed by atoms with Crippen LogP contribution in [0.3, 0.4) is 0 Å². The molecular weight excluding hydrogens is 561 g/mol. The van der Waals surface area contributed by atoms with E-state index in [0.29, 0.717) is 36.3 Å². The Morgan fingerprint density at radius 2 is 2.00 bits per heavy atom. The Bertz CT molecular complexity index is 1630. The predicted molar refractivity (Wildman–Crippen MR) is 150 cm³/mol. The fraction of sp³-hybridized carbons (Fsp3) is 0.333. The molecule has 0 spiro atoms. The van der Waals surface area contributed by atoms with Crippen molar-refractivity contribution in [2.75, 3.05) is 18.5 Å². The van der Waals surface area contributed by atoms with Crippen LogP contribution in [-0.2, 0) is 25.5 Å². The second-order valence-electron chi connectivity index (χ2n) is 10.5. The number of hydrogen-bond donors (Lipinski definition) is 3. The number of hydrogen-bond acceptors (Lipinski definition) is 8. The Labute approximate surface area is 245 Å². The van der Waals surface area contributed by atoms with Crippen molar-refractivity contribution in [3.8, 4) is 0 Å². The standard InChI is InChI=1S/C30H30FN5O7/c1-17-13-24(35-43-17)27(38)34-23-3-2-11-36(29(23)40)25(14-18-4-6-21(31)7-5-18)28(39)33-22(15-19-8-10-32-26(19)37)16-20-9-12-42-30(20)41/h2-7,11,13,16,19,22,25H,8-10,12,14-15H2,1H3,(H,32,37)(H,33,39)(H,34,38)/t19-,22-,25-/m0/s1. The highest BCUT2D eigenvalue weighted by molar-refractivity contribution is 6.02. The minimum absolute atomic E-state index is 0.00114. The maximum Gasteiger partial charge on any atom is 0.333 e. The van der Waals surface area contributed by atoms with Crippen molar-refractivity contribution in [2.45, 2.75) is 44.7 Å². The quantitative estimate of drug-likeness (QED) is 0.239. The van der Waals surface area contributed by atoms with Crippen molar-refractivity contribution in [1.29, 1.82) is 0 Å². The van der Waals surface area contributed by atoms with Crippen molar-refractivity contribution in [3.05, 3.63) is 93.5 Å². The van der Waals surface area contributed by atoms with Crippen LogP contribution in [0, 0.1) is 18.7 Å². The molecule has 2 aromatic heterocycles. The molecule has 3 amide bonds. The van der Waals surface area contributed by atoms with Crippen LogP contribution in [0.4, 0.5) is 10.1 Å². The molecule has 12 nitrogen and oxygen atoms in total. The molecule has 2 aliphatic heterocycles. The van der Waals surface area contributed by atoms with Crippen molar-refractivity contribution < 1.29 is 32.8 Å². The number of amides is 3. The number of anilines is 1. The number of ether oxygens (including phenoxy) is 1. The molecule has 1 aromatic carbocycles. The molecule has 224 valence electrons. The number of esters is 1. The lowest BCUT2D eigenvalue weighted by Gasteiger charge is -2.24. The Morgan fingerprint density at radius 1 is 1.21 bits per heavy atom. The molecule has 0 aliphatic carbocycles. The van der Waals surface area contributed by atoms with Gasteiger partial charge in [-0.2, -0.15) is 0 Å². The van der Waals surface area contributed by atoms with Crippen LogP contribution in [0.1, 0.15) is 47.1 Å². The number of aryl methyl sites for hydroxylation is 1. The summed E-state index contributed by atoms with van der Waals surface area (Å²) in [4.78, 5) is 64.7. The number of pyridine rings is 1. The zero-order valence-electron chi connectivity index (χ0n) is 23.3. The lowest BCUT2D eigenvalue weighted by molar-refractivity contribution is -0.135. The normalized spacial score (nSPS) is 18.7. The Kier molecular flexibility index (Phi) is 8.79. The number of nitrogens with zero attached hydrogens (tertiary/aromatic N) is 2. The monoisotopic (exact) mass is 591 g/mol. The number of halogens is 1. The van der Waals surface area contributed by atoms with E-state index in [-0.39, 0.29) is 42.7 Å². The van der Waals surface area contributed by atoms with Gasteiger partial charge >= 0.3 is 5.97 Å². The Balaban J connectivity index is 1.46. The molecule has 0 unspecified atom stereocenters. The molecule has 3 atom stereocenters. The molecule has 3 N–H and O–H groups in total. The van der Waals surface area contributed by atoms with Gasteiger partial charge in [0.25, 0.3) is 11.5 Å². The lowest BCUT2D eigenvalue weighted by atomic mass is 9.95. The maximum atomic E-state index is 13.9. The summed E-state index contributed by atoms with van der Waals surface area (Å²) >= 11 is 0. The van der Waals surface area contributed by atoms with Gasteiger partial charge in [0.05, 0.1) is 6.61 Å². The molecule has 4 heterocycles. The maximum absolute atomic E-state index is 13.9. The third kappa shape index (κ3) is 7.05. The van der Waals surface area contributed by atoms with Gasteiger partial charge in [0, 0.05) is 49.2 Å². The van der Waals surface area contributed by atoms with Crippen molar-refractivity contribution in [2.24, 2.45) is 5.92 Å². The van der Waals surface area contributed by atoms with E-state index >= 15 is 0 Å². The second-order valence-corrected chi connectivity index (χ2v) is 10.5. The number of cyclic esters (lactones) is 1. The number of rotatable bonds is 10. The topological polar surface area (TPSA) is 162 Å². The van der Waals surface area contributed by atoms with Crippen LogP contribution in [0.5, 0.6) is 0 Å². The van der Waals surface area contributed by atoms with Crippen LogP contribution in [-0.4, -0.2) is 52.6 Å². The third-order valence-electron chi connectivity index (χ3n) is 7.36. The van der Waals surface area contributed by atoms with E-state index in [1.807, 2.05) is 0 Å². The summed E-state index contributed by atoms with van der Waals surface area (Å²) in [7, 11) is 0. The minimum atomic E-state index is -1.14. The largest absolute Gasteiger partial charge is 0.462 e. The van der Waals surface area contributed by atoms with E-state index in [0.717, 1.165) is 0 Å². The van der Waals surface area contributed by atoms with Crippen molar-refractivity contribution >= 4 is 29.4 Å². The summed E-state index contributed by atoms with van der Waals surface area (Å²) in [5.74, 6) is -2.30. The number of carbonyl (C=O) groups is 4. The molecule has 2 saturated heterocycles. The van der Waals surface area contributed by atoms with Crippen molar-refractivity contribution in [3.63, 3.8) is 0 Å². The molecule has 0 saturated carbocycles. The zero-order chi connectivity index (χ0) is 30.5. The molecule has 2 fully saturated rings. The van der Waals surface area contributed by atoms with Gasteiger partial charge in [-0.05, 0) is 49.6 Å². The van der Waals surface area contributed by atoms with E-state index in [9.17, 15) is 28.4 Å². The van der Waals surface area contributed by atoms with Gasteiger partial charge in [0.15, 0.2) is 5.69 Å². The number of benzene rings is 1. The Hall–Kier alpha value is -5.07. The first-order valence-electron chi connectivity index (χ1n) is 13.8. The molecule has 43 heavy (non-hydrogen) atoms. The molecule has 13 heteroatoms. The van der Waals surface area contributed by atoms with Crippen LogP contribution in [0.2, 0.25) is 0 Å². The first-order chi connectivity index (χ1) is 20.7. The molecule has 0 bridgehead atoms. The second kappa shape index (κ2) is 12.8. The van der Waals surface area contributed by atoms with Gasteiger partial charge in [-0.3, -0.25) is 19.2 Å². The third-order valence-corrected chi connectivity index (χ3v) is 7.36. The van der Waals surface area contributed by atoms with E-state index in [4.69, 9.17) is 9.26 Å². The number of carbonyl (C=O) groups excluding carboxylic acids is 4. The zero-order valence-corrected chi connectivity index (χ0v) is 23.3. The first-order valence-corrected chi connectivity index (χ1v) is 13.8. The number of aromatic nitrogens is 2. The molecule has 2 aliphatic rings. The average molecular weight is 592 g/mol. The minimum Gasteiger partial charge on any atom is -0.462 e. The van der Waals surface area contributed by atoms with E-state index in [1.165, 1.54) is 53.2 Å². The Morgan fingerprint density at radius 3 is 2.65 bits per heavy atom. The van der Waals surface area contributed by atoms with Crippen LogP contribution >= 0.6 is 0 Å². The summed E-state index contributed by atoms with van der Waals surface area (Å²) in [6, 6.07) is 7.99. The van der Waals surface area contributed by atoms with E-state index in [1.54, 1.807) is 13.0 Å². The van der Waals surface area contributed by atoms with Crippen molar-refractivity contribution in [1.82, 2.24) is 20.4 Å². The SMILES string of the molecule is Cc1cc(C(=O)Nc2cccn([C@@H](Cc3ccc(F)cc3)C(=O)N[C@H](C=C3CCOC3=O)C[C@@H]3CCNC3=O)c2=O)no1. The van der Waals surface area contributed by atoms with Gasteiger partial charge in [0.2, 0.25) is 11.8 Å². The van der Waals surface area contributed by atoms with E-state index < -0.39 is 41.2 Å². The van der Waals surface area contributed by atoms with Gasteiger partial charge in [0.1, 0.15) is 23.3 Å². The smallest absolute Gasteiger partial charge is 0.333 e. The molecular formula is C30H30FN5O7. The highest BCUT2D eigenvalue weighted by Gasteiger charge is 2.31. The van der Waals surface area contributed by atoms with Gasteiger partial charge < -0.3 is 29.8 Å². The summed E-state index contributed by atoms with van der Waals surface area (Å²) in [5.41, 5.74) is 0.183. The predicted octanol–water partition coefficient (Wildman–Crippen LogP) is 2.20. The molecule has 3 aromatic rings. The molecule has 0 radical (unpaired) electrons. The summed E-state index contributed by atoms with van der Waals surface area (Å²) < 4.78 is 24.8. The lowest BCUT2D eigenvalue weighted by Crippen LogP contribution is -2.44. The average Bonchev–Trinajstić information content (AvgIpc) is 3.71. The van der Waals surface area contributed by atoms with Crippen LogP contribution in [0.25, 0.3) is 0 Å². The fourth-order valence-electron chi connectivity index (χ4n) is 5.14. The van der Waals surface area contributed by atoms with Gasteiger partial charge in [-0.1, -0.05) is 23.4 Å². The van der Waals surface area contributed by atoms with Gasteiger partial charge in [-0.25, -0.2) is 9.18 Å². The highest BCUT2D eigenvalue weighted by Crippen LogP contribution is 2.22. The fourth-order valence-corrected chi connectivity index (χ4v) is 5.14. The number of nitrogens with one attached hydrogen (secondary N) is 3. The molecule has 5 rings (SSSR count). The van der Waals surface area contributed by atoms with E-state index in [2.05, 4.69) is 21.1 Å². The summed E-state index contributed by atoms with van der Waals surface area (Å²) in [6.45, 7) is 2.36. The van der Waals surface area contributed by atoms with Crippen LogP contribution < -0.4 is 21.5 Å². The van der Waals surface area contributed by atoms with Gasteiger partial charge in [-0.15, -0.1) is 0 Å². The highest BCUT2D eigenvalue weighted by atomic mass is 19.1. The summed E-state index contributed by atoms with van der Waals surface area (Å²) in [6.07, 6.45) is 4.20.